The lowest BCUT2D eigenvalue weighted by atomic mass is 9.98. The first-order chi connectivity index (χ1) is 11.5. The fraction of sp³-hybridized carbons (Fsp3) is 0.182. The fourth-order valence-corrected chi connectivity index (χ4v) is 9.17. The van der Waals surface area contributed by atoms with Crippen molar-refractivity contribution in [3.05, 3.63) is 70.8 Å². The number of halogens is 1. The molecule has 3 aromatic carbocycles. The van der Waals surface area contributed by atoms with Gasteiger partial charge < -0.3 is 0 Å². The van der Waals surface area contributed by atoms with E-state index in [1.807, 2.05) is 0 Å². The summed E-state index contributed by atoms with van der Waals surface area (Å²) in [5.41, 5.74) is 8.23. The molecule has 0 nitrogen and oxygen atoms in total. The van der Waals surface area contributed by atoms with Crippen LogP contribution in [0, 0.1) is 27.7 Å². The predicted octanol–water partition coefficient (Wildman–Crippen LogP) is 8.08. The van der Waals surface area contributed by atoms with E-state index < -0.39 is 0 Å². The predicted molar refractivity (Wildman–Crippen MR) is 118 cm³/mol. The van der Waals surface area contributed by atoms with Crippen molar-refractivity contribution in [1.82, 2.24) is 0 Å². The average molecular weight is 442 g/mol. The molecule has 0 radical (unpaired) electrons. The Morgan fingerprint density at radius 3 is 2.08 bits per heavy atom. The van der Waals surface area contributed by atoms with Gasteiger partial charge in [0.25, 0.3) is 0 Å². The van der Waals surface area contributed by atoms with E-state index in [2.05, 4.69) is 98.3 Å². The molecule has 2 heteroatoms. The summed E-state index contributed by atoms with van der Waals surface area (Å²) in [6.45, 7) is 8.85. The molecule has 0 fully saturated rings. The fourth-order valence-electron chi connectivity index (χ4n) is 3.87. The lowest BCUT2D eigenvalue weighted by Crippen LogP contribution is -1.83. The Balaban J connectivity index is 2.17. The lowest BCUT2D eigenvalue weighted by molar-refractivity contribution is 1.39. The van der Waals surface area contributed by atoms with E-state index in [-0.39, 0.29) is 5.18 Å². The van der Waals surface area contributed by atoms with Crippen molar-refractivity contribution in [3.63, 3.8) is 0 Å². The molecule has 0 saturated carbocycles. The molecule has 0 spiro atoms. The monoisotopic (exact) mass is 442 g/mol. The second kappa shape index (κ2) is 5.89. The number of hydrogen-bond acceptors (Lipinski definition) is 0. The topological polar surface area (TPSA) is 0 Å². The van der Waals surface area contributed by atoms with Crippen LogP contribution in [-0.2, 0) is 0 Å². The van der Waals surface area contributed by atoms with Crippen molar-refractivity contribution in [2.75, 3.05) is 0 Å². The van der Waals surface area contributed by atoms with Crippen LogP contribution >= 0.6 is 27.2 Å². The van der Waals surface area contributed by atoms with Crippen LogP contribution in [0.1, 0.15) is 22.3 Å². The molecule has 1 atom stereocenters. The van der Waals surface area contributed by atoms with E-state index in [0.29, 0.717) is 0 Å². The molecular weight excluding hydrogens is 422 g/mol. The van der Waals surface area contributed by atoms with Gasteiger partial charge in [-0.05, 0) is 82.4 Å². The van der Waals surface area contributed by atoms with Gasteiger partial charge >= 0.3 is 0 Å². The van der Waals surface area contributed by atoms with Gasteiger partial charge in [-0.3, -0.25) is 0 Å². The molecule has 0 aliphatic rings. The van der Waals surface area contributed by atoms with Gasteiger partial charge in [-0.1, -0.05) is 65.2 Å². The molecule has 0 aliphatic heterocycles. The van der Waals surface area contributed by atoms with Crippen molar-refractivity contribution >= 4 is 48.2 Å². The normalized spacial score (nSPS) is 12.3. The summed E-state index contributed by atoms with van der Waals surface area (Å²) < 4.78 is 0. The Labute approximate surface area is 157 Å². The molecule has 0 aliphatic carbocycles. The zero-order valence-electron chi connectivity index (χ0n) is 14.4. The second-order valence-electron chi connectivity index (χ2n) is 6.84. The summed E-state index contributed by atoms with van der Waals surface area (Å²) in [7, 11) is 0. The summed E-state index contributed by atoms with van der Waals surface area (Å²) in [6, 6.07) is 18.4. The minimum Gasteiger partial charge on any atom is -0.0610 e. The number of hydrogen-bond donors (Lipinski definition) is 0. The molecule has 0 N–H and O–H groups in total. The Kier molecular flexibility index (Phi) is 3.97. The van der Waals surface area contributed by atoms with Crippen molar-refractivity contribution in [3.8, 4) is 11.1 Å². The number of benzene rings is 3. The molecule has 0 saturated heterocycles. The van der Waals surface area contributed by atoms with Crippen LogP contribution in [0.4, 0.5) is 0 Å². The zero-order valence-corrected chi connectivity index (χ0v) is 17.5. The van der Waals surface area contributed by atoms with Crippen LogP contribution in [0.5, 0.6) is 0 Å². The average Bonchev–Trinajstić information content (AvgIpc) is 2.79. The number of aryl methyl sites for hydroxylation is 4. The summed E-state index contributed by atoms with van der Waals surface area (Å²) >= 11 is 2.69. The molecule has 1 unspecified atom stereocenters. The third-order valence-electron chi connectivity index (χ3n) is 4.70. The van der Waals surface area contributed by atoms with Crippen molar-refractivity contribution in [2.45, 2.75) is 27.7 Å². The van der Waals surface area contributed by atoms with Gasteiger partial charge in [0.1, 0.15) is 0 Å². The Morgan fingerprint density at radius 1 is 0.708 bits per heavy atom. The first-order valence-corrected chi connectivity index (χ1v) is 12.4. The Bertz CT molecular complexity index is 1080. The Morgan fingerprint density at radius 2 is 1.38 bits per heavy atom. The molecule has 24 heavy (non-hydrogen) atoms. The van der Waals surface area contributed by atoms with E-state index in [4.69, 9.17) is 0 Å². The maximum absolute atomic E-state index is 2.69. The van der Waals surface area contributed by atoms with Gasteiger partial charge in [0.05, 0.1) is 0 Å². The molecule has 4 aromatic rings. The van der Waals surface area contributed by atoms with E-state index >= 15 is 0 Å². The molecule has 1 aromatic heterocycles. The molecule has 0 amide bonds. The summed E-state index contributed by atoms with van der Waals surface area (Å²) in [4.78, 5) is 0. The third kappa shape index (κ3) is 2.50. The quantitative estimate of drug-likeness (QED) is 0.262. The van der Waals surface area contributed by atoms with Gasteiger partial charge in [0.2, 0.25) is 0 Å². The van der Waals surface area contributed by atoms with Crippen LogP contribution in [0.2, 0.25) is 0 Å². The number of rotatable bonds is 1. The van der Waals surface area contributed by atoms with Gasteiger partial charge in [0, 0.05) is 10.2 Å². The van der Waals surface area contributed by atoms with Crippen LogP contribution in [0.25, 0.3) is 32.1 Å². The largest absolute Gasteiger partial charge is 0.0610 e. The maximum Gasteiger partial charge on any atom is 0.0198 e. The van der Waals surface area contributed by atoms with Crippen LogP contribution in [0.3, 0.4) is 0 Å². The molecule has 1 heterocycles. The van der Waals surface area contributed by atoms with E-state index in [0.717, 1.165) is 0 Å². The number of fused-ring (bicyclic) bond motifs is 3. The van der Waals surface area contributed by atoms with Gasteiger partial charge in [-0.25, -0.2) is 0 Å². The third-order valence-corrected chi connectivity index (χ3v) is 9.45. The standard InChI is InChI=1S/C22H20IP/c1-13-8-14(2)11-17(10-13)18-6-5-7-19-20-12-15(3)9-16(4)21(20)24(23)22(18)19/h5-12H,1-4H3. The summed E-state index contributed by atoms with van der Waals surface area (Å²) in [6.07, 6.45) is 0. The minimum absolute atomic E-state index is 0.324. The molecule has 4 rings (SSSR count). The first-order valence-electron chi connectivity index (χ1n) is 8.25. The van der Waals surface area contributed by atoms with Crippen molar-refractivity contribution in [2.24, 2.45) is 0 Å². The van der Waals surface area contributed by atoms with Gasteiger partial charge in [0.15, 0.2) is 0 Å². The van der Waals surface area contributed by atoms with Crippen LogP contribution in [-0.4, -0.2) is 0 Å². The molecular formula is C22H20IP. The summed E-state index contributed by atoms with van der Waals surface area (Å²) in [5.74, 6) is 0. The van der Waals surface area contributed by atoms with Crippen molar-refractivity contribution in [1.29, 1.82) is 0 Å². The molecule has 0 bridgehead atoms. The lowest BCUT2D eigenvalue weighted by Gasteiger charge is -2.08. The second-order valence-corrected chi connectivity index (χ2v) is 11.2. The minimum atomic E-state index is -0.324. The van der Waals surface area contributed by atoms with Gasteiger partial charge in [-0.2, -0.15) is 0 Å². The highest BCUT2D eigenvalue weighted by molar-refractivity contribution is 14.2. The van der Waals surface area contributed by atoms with Crippen molar-refractivity contribution < 1.29 is 0 Å². The highest BCUT2D eigenvalue weighted by Gasteiger charge is 2.16. The smallest absolute Gasteiger partial charge is 0.0198 e. The SMILES string of the molecule is Cc1cc(C)cc(-c2cccc3c4cc(C)cc(C)c4p(I)c23)c1. The highest BCUT2D eigenvalue weighted by Crippen LogP contribution is 2.58. The first kappa shape index (κ1) is 16.2. The van der Waals surface area contributed by atoms with E-state index in [9.17, 15) is 0 Å². The van der Waals surface area contributed by atoms with Crippen LogP contribution in [0.15, 0.2) is 48.5 Å². The Hall–Kier alpha value is -1.31. The highest BCUT2D eigenvalue weighted by atomic mass is 127. The maximum atomic E-state index is 2.69. The summed E-state index contributed by atoms with van der Waals surface area (Å²) in [5, 5.41) is 5.67. The van der Waals surface area contributed by atoms with Gasteiger partial charge in [-0.15, -0.1) is 0 Å². The van der Waals surface area contributed by atoms with E-state index in [1.165, 1.54) is 44.2 Å². The van der Waals surface area contributed by atoms with Crippen LogP contribution < -0.4 is 0 Å². The van der Waals surface area contributed by atoms with E-state index in [1.54, 1.807) is 10.2 Å². The molecule has 120 valence electrons. The zero-order chi connectivity index (χ0) is 17.0.